The van der Waals surface area contributed by atoms with Gasteiger partial charge < -0.3 is 15.4 Å². The fourth-order valence-corrected chi connectivity index (χ4v) is 3.65. The van der Waals surface area contributed by atoms with E-state index in [0.717, 1.165) is 62.2 Å². The number of ether oxygens (including phenoxy) is 1. The van der Waals surface area contributed by atoms with Gasteiger partial charge in [0.25, 0.3) is 0 Å². The van der Waals surface area contributed by atoms with Crippen LogP contribution >= 0.6 is 11.3 Å². The predicted octanol–water partition coefficient (Wildman–Crippen LogP) is 2.40. The molecule has 7 heteroatoms. The van der Waals surface area contributed by atoms with Crippen LogP contribution < -0.4 is 10.6 Å². The largest absolute Gasteiger partial charge is 0.379 e. The van der Waals surface area contributed by atoms with Gasteiger partial charge in [-0.1, -0.05) is 12.1 Å². The maximum atomic E-state index is 12.2. The number of morpholine rings is 1. The number of hydrogen-bond acceptors (Lipinski definition) is 6. The highest BCUT2D eigenvalue weighted by Gasteiger charge is 2.12. The van der Waals surface area contributed by atoms with Gasteiger partial charge in [-0.2, -0.15) is 0 Å². The van der Waals surface area contributed by atoms with Crippen molar-refractivity contribution in [3.05, 3.63) is 45.9 Å². The number of amides is 1. The summed E-state index contributed by atoms with van der Waals surface area (Å²) in [6.45, 7) is 7.71. The van der Waals surface area contributed by atoms with Gasteiger partial charge >= 0.3 is 0 Å². The Hall–Kier alpha value is -1.80. The normalized spacial score (nSPS) is 15.1. The molecule has 26 heavy (non-hydrogen) atoms. The lowest BCUT2D eigenvalue weighted by molar-refractivity contribution is -0.116. The second kappa shape index (κ2) is 9.78. The quantitative estimate of drug-likeness (QED) is 0.743. The van der Waals surface area contributed by atoms with Gasteiger partial charge in [-0.25, -0.2) is 4.98 Å². The van der Waals surface area contributed by atoms with Gasteiger partial charge in [-0.3, -0.25) is 9.69 Å². The third kappa shape index (κ3) is 6.17. The molecule has 1 aromatic carbocycles. The fraction of sp³-hybridized carbons (Fsp3) is 0.474. The van der Waals surface area contributed by atoms with Crippen LogP contribution in [0.5, 0.6) is 0 Å². The highest BCUT2D eigenvalue weighted by Crippen LogP contribution is 2.13. The Bertz CT molecular complexity index is 713. The van der Waals surface area contributed by atoms with Crippen molar-refractivity contribution >= 4 is 22.9 Å². The molecule has 0 bridgehead atoms. The summed E-state index contributed by atoms with van der Waals surface area (Å²) >= 11 is 1.71. The molecule has 1 aliphatic heterocycles. The molecule has 2 heterocycles. The van der Waals surface area contributed by atoms with Crippen LogP contribution in [0, 0.1) is 6.92 Å². The Morgan fingerprint density at radius 3 is 2.92 bits per heavy atom. The Labute approximate surface area is 158 Å². The molecule has 0 aliphatic carbocycles. The Morgan fingerprint density at radius 1 is 1.31 bits per heavy atom. The zero-order valence-corrected chi connectivity index (χ0v) is 16.0. The number of nitrogens with zero attached hydrogens (tertiary/aromatic N) is 2. The molecular weight excluding hydrogens is 348 g/mol. The first-order valence-corrected chi connectivity index (χ1v) is 9.81. The Balaban J connectivity index is 1.41. The van der Waals surface area contributed by atoms with E-state index in [1.807, 2.05) is 31.3 Å². The van der Waals surface area contributed by atoms with E-state index in [4.69, 9.17) is 4.74 Å². The molecule has 1 amide bonds. The van der Waals surface area contributed by atoms with Gasteiger partial charge in [0.05, 0.1) is 18.2 Å². The standard InChI is InChI=1S/C19H26N4O2S/c1-15-21-14-18(26-15)13-20-12-16-3-2-4-17(11-16)22-19(24)5-6-23-7-9-25-10-8-23/h2-4,11,14,20H,5-10,12-13H2,1H3,(H,22,24). The van der Waals surface area contributed by atoms with Crippen molar-refractivity contribution in [2.75, 3.05) is 38.2 Å². The van der Waals surface area contributed by atoms with Crippen LogP contribution in [-0.4, -0.2) is 48.6 Å². The maximum Gasteiger partial charge on any atom is 0.225 e. The summed E-state index contributed by atoms with van der Waals surface area (Å²) in [6, 6.07) is 8.00. The fourth-order valence-electron chi connectivity index (χ4n) is 2.88. The third-order valence-electron chi connectivity index (χ3n) is 4.27. The molecule has 0 radical (unpaired) electrons. The number of aryl methyl sites for hydroxylation is 1. The van der Waals surface area contributed by atoms with Crippen LogP contribution in [-0.2, 0) is 22.6 Å². The van der Waals surface area contributed by atoms with Crippen molar-refractivity contribution in [3.8, 4) is 0 Å². The number of anilines is 1. The topological polar surface area (TPSA) is 66.5 Å². The molecule has 1 aromatic heterocycles. The number of aromatic nitrogens is 1. The first-order valence-electron chi connectivity index (χ1n) is 9.00. The van der Waals surface area contributed by atoms with Crippen LogP contribution in [0.4, 0.5) is 5.69 Å². The van der Waals surface area contributed by atoms with Crippen molar-refractivity contribution < 1.29 is 9.53 Å². The summed E-state index contributed by atoms with van der Waals surface area (Å²) in [4.78, 5) is 19.9. The highest BCUT2D eigenvalue weighted by molar-refractivity contribution is 7.11. The maximum absolute atomic E-state index is 12.2. The van der Waals surface area contributed by atoms with E-state index >= 15 is 0 Å². The van der Waals surface area contributed by atoms with Gasteiger partial charge in [0.15, 0.2) is 0 Å². The number of carbonyl (C=O) groups excluding carboxylic acids is 1. The van der Waals surface area contributed by atoms with E-state index in [-0.39, 0.29) is 5.91 Å². The molecule has 6 nitrogen and oxygen atoms in total. The molecule has 2 N–H and O–H groups in total. The summed E-state index contributed by atoms with van der Waals surface area (Å²) in [5, 5.41) is 7.51. The van der Waals surface area contributed by atoms with Crippen LogP contribution in [0.2, 0.25) is 0 Å². The zero-order chi connectivity index (χ0) is 18.2. The van der Waals surface area contributed by atoms with Gasteiger partial charge in [-0.05, 0) is 24.6 Å². The van der Waals surface area contributed by atoms with Crippen molar-refractivity contribution in [2.24, 2.45) is 0 Å². The summed E-state index contributed by atoms with van der Waals surface area (Å²) in [5.41, 5.74) is 2.00. The first-order chi connectivity index (χ1) is 12.7. The number of thiazole rings is 1. The lowest BCUT2D eigenvalue weighted by atomic mass is 10.2. The molecule has 0 unspecified atom stereocenters. The second-order valence-corrected chi connectivity index (χ2v) is 7.72. The molecule has 140 valence electrons. The molecule has 1 saturated heterocycles. The Kier molecular flexibility index (Phi) is 7.13. The Morgan fingerprint density at radius 2 is 2.15 bits per heavy atom. The number of rotatable bonds is 8. The average molecular weight is 375 g/mol. The first kappa shape index (κ1) is 19.0. The lowest BCUT2D eigenvalue weighted by Gasteiger charge is -2.26. The predicted molar refractivity (Wildman–Crippen MR) is 104 cm³/mol. The minimum absolute atomic E-state index is 0.0572. The van der Waals surface area contributed by atoms with Crippen LogP contribution in [0.25, 0.3) is 0 Å². The van der Waals surface area contributed by atoms with E-state index in [0.29, 0.717) is 6.42 Å². The number of benzene rings is 1. The average Bonchev–Trinajstić information content (AvgIpc) is 3.06. The van der Waals surface area contributed by atoms with Crippen molar-refractivity contribution in [1.82, 2.24) is 15.2 Å². The number of hydrogen-bond donors (Lipinski definition) is 2. The smallest absolute Gasteiger partial charge is 0.225 e. The molecule has 0 spiro atoms. The molecular formula is C19H26N4O2S. The summed E-state index contributed by atoms with van der Waals surface area (Å²) < 4.78 is 5.33. The molecule has 1 aliphatic rings. The van der Waals surface area contributed by atoms with E-state index < -0.39 is 0 Å². The monoisotopic (exact) mass is 374 g/mol. The number of carbonyl (C=O) groups is 1. The minimum atomic E-state index is 0.0572. The number of nitrogens with one attached hydrogen (secondary N) is 2. The molecule has 2 aromatic rings. The van der Waals surface area contributed by atoms with Crippen molar-refractivity contribution in [1.29, 1.82) is 0 Å². The van der Waals surface area contributed by atoms with E-state index in [2.05, 4.69) is 26.6 Å². The summed E-state index contributed by atoms with van der Waals surface area (Å²) in [7, 11) is 0. The van der Waals surface area contributed by atoms with Crippen LogP contribution in [0.15, 0.2) is 30.5 Å². The third-order valence-corrected chi connectivity index (χ3v) is 5.18. The van der Waals surface area contributed by atoms with E-state index in [1.54, 1.807) is 11.3 Å². The summed E-state index contributed by atoms with van der Waals surface area (Å²) in [6.07, 6.45) is 2.42. The van der Waals surface area contributed by atoms with E-state index in [9.17, 15) is 4.79 Å². The minimum Gasteiger partial charge on any atom is -0.379 e. The molecule has 3 rings (SSSR count). The second-order valence-electron chi connectivity index (χ2n) is 6.40. The van der Waals surface area contributed by atoms with Crippen molar-refractivity contribution in [3.63, 3.8) is 0 Å². The van der Waals surface area contributed by atoms with Crippen LogP contribution in [0.3, 0.4) is 0 Å². The van der Waals surface area contributed by atoms with Gasteiger partial charge in [-0.15, -0.1) is 11.3 Å². The van der Waals surface area contributed by atoms with Crippen molar-refractivity contribution in [2.45, 2.75) is 26.4 Å². The van der Waals surface area contributed by atoms with Gasteiger partial charge in [0.2, 0.25) is 5.91 Å². The zero-order valence-electron chi connectivity index (χ0n) is 15.2. The molecule has 1 fully saturated rings. The van der Waals surface area contributed by atoms with E-state index in [1.165, 1.54) is 4.88 Å². The summed E-state index contributed by atoms with van der Waals surface area (Å²) in [5.74, 6) is 0.0572. The highest BCUT2D eigenvalue weighted by atomic mass is 32.1. The lowest BCUT2D eigenvalue weighted by Crippen LogP contribution is -2.38. The molecule has 0 atom stereocenters. The van der Waals surface area contributed by atoms with Gasteiger partial charge in [0.1, 0.15) is 0 Å². The molecule has 0 saturated carbocycles. The van der Waals surface area contributed by atoms with Crippen LogP contribution in [0.1, 0.15) is 21.9 Å². The van der Waals surface area contributed by atoms with Gasteiger partial charge in [0, 0.05) is 55.9 Å². The SMILES string of the molecule is Cc1ncc(CNCc2cccc(NC(=O)CCN3CCOCC3)c2)s1.